The average Bonchev–Trinajstić information content (AvgIpc) is 2.64. The lowest BCUT2D eigenvalue weighted by Gasteiger charge is -1.99. The molecule has 0 heterocycles. The van der Waals surface area contributed by atoms with E-state index in [1.807, 2.05) is 0 Å². The van der Waals surface area contributed by atoms with Crippen LogP contribution in [0.15, 0.2) is 36.5 Å². The average molecular weight is 410 g/mol. The number of esters is 3. The Kier molecular flexibility index (Phi) is 26.4. The van der Waals surface area contributed by atoms with Gasteiger partial charge in [-0.1, -0.05) is 50.8 Å². The second-order valence-electron chi connectivity index (χ2n) is 4.78. The van der Waals surface area contributed by atoms with Gasteiger partial charge in [0.2, 0.25) is 0 Å². The number of aliphatic hydroxyl groups excluding tert-OH is 3. The maximum absolute atomic E-state index is 10.7. The standard InChI is InChI=1S/2C8H10O3.C4H6O2.CH4/c1-5(2)7(9)11-8(10)6(3)4;1-7(2)8(10)11-6-4-3-5-9;5-3-1-2-4-6;/h1,3H2,2,4H3;9H,1,5-6H2,2H3;5-6H,3-4H2;1H4. The minimum absolute atomic E-state index is 0. The molecule has 0 saturated heterocycles. The number of carbonyl (C=O) groups excluding carboxylic acids is 3. The smallest absolute Gasteiger partial charge is 0.340 e. The summed E-state index contributed by atoms with van der Waals surface area (Å²) in [7, 11) is 0. The van der Waals surface area contributed by atoms with Crippen molar-refractivity contribution in [2.24, 2.45) is 0 Å². The minimum atomic E-state index is -0.710. The van der Waals surface area contributed by atoms with Crippen LogP contribution in [0, 0.1) is 23.7 Å². The Balaban J connectivity index is -0.000000166. The first-order valence-corrected chi connectivity index (χ1v) is 7.69. The van der Waals surface area contributed by atoms with Gasteiger partial charge in [0.25, 0.3) is 0 Å². The van der Waals surface area contributed by atoms with Crippen LogP contribution in [0.1, 0.15) is 28.2 Å². The summed E-state index contributed by atoms with van der Waals surface area (Å²) >= 11 is 0. The molecule has 8 nitrogen and oxygen atoms in total. The molecule has 162 valence electrons. The summed E-state index contributed by atoms with van der Waals surface area (Å²) in [5.41, 5.74) is 0.731. The summed E-state index contributed by atoms with van der Waals surface area (Å²) in [6, 6.07) is 0. The van der Waals surface area contributed by atoms with Crippen LogP contribution in [0.5, 0.6) is 0 Å². The zero-order valence-corrected chi connectivity index (χ0v) is 16.3. The second-order valence-corrected chi connectivity index (χ2v) is 4.78. The van der Waals surface area contributed by atoms with E-state index in [9.17, 15) is 14.4 Å². The van der Waals surface area contributed by atoms with Crippen molar-refractivity contribution in [2.75, 3.05) is 26.4 Å². The second kappa shape index (κ2) is 22.9. The lowest BCUT2D eigenvalue weighted by atomic mass is 10.3. The molecule has 0 aliphatic carbocycles. The first-order valence-electron chi connectivity index (χ1n) is 7.69. The zero-order chi connectivity index (χ0) is 22.5. The Hall–Kier alpha value is -3.17. The van der Waals surface area contributed by atoms with E-state index in [2.05, 4.69) is 52.9 Å². The third kappa shape index (κ3) is 27.2. The molecule has 0 amide bonds. The van der Waals surface area contributed by atoms with Crippen LogP contribution in [-0.2, 0) is 23.9 Å². The van der Waals surface area contributed by atoms with Crippen molar-refractivity contribution in [3.05, 3.63) is 36.5 Å². The van der Waals surface area contributed by atoms with E-state index in [-0.39, 0.29) is 45.0 Å². The maximum Gasteiger partial charge on any atom is 0.340 e. The quantitative estimate of drug-likeness (QED) is 0.270. The molecule has 0 saturated carbocycles. The lowest BCUT2D eigenvalue weighted by molar-refractivity contribution is -0.154. The van der Waals surface area contributed by atoms with Crippen LogP contribution in [0.2, 0.25) is 0 Å². The molecule has 0 rings (SSSR count). The minimum Gasteiger partial charge on any atom is -0.449 e. The van der Waals surface area contributed by atoms with Gasteiger partial charge in [-0.25, -0.2) is 14.4 Å². The molecule has 0 bridgehead atoms. The van der Waals surface area contributed by atoms with Crippen LogP contribution in [0.25, 0.3) is 0 Å². The number of hydrogen-bond acceptors (Lipinski definition) is 8. The molecule has 8 heteroatoms. The topological polar surface area (TPSA) is 130 Å². The first kappa shape index (κ1) is 33.4. The monoisotopic (exact) mass is 410 g/mol. The molecule has 0 aliphatic heterocycles. The highest BCUT2D eigenvalue weighted by molar-refractivity contribution is 6.00. The highest BCUT2D eigenvalue weighted by atomic mass is 16.6. The van der Waals surface area contributed by atoms with Gasteiger partial charge in [0.05, 0.1) is 0 Å². The van der Waals surface area contributed by atoms with Crippen molar-refractivity contribution in [2.45, 2.75) is 28.2 Å². The Bertz CT molecular complexity index is 649. The van der Waals surface area contributed by atoms with Gasteiger partial charge in [-0.05, 0) is 20.8 Å². The van der Waals surface area contributed by atoms with Crippen molar-refractivity contribution in [3.63, 3.8) is 0 Å². The van der Waals surface area contributed by atoms with Gasteiger partial charge < -0.3 is 24.8 Å². The fourth-order valence-corrected chi connectivity index (χ4v) is 0.702. The zero-order valence-electron chi connectivity index (χ0n) is 16.3. The van der Waals surface area contributed by atoms with Crippen molar-refractivity contribution in [3.8, 4) is 23.7 Å². The number of hydrogen-bond donors (Lipinski definition) is 3. The summed E-state index contributed by atoms with van der Waals surface area (Å²) in [6.07, 6.45) is 0. The number of aliphatic hydroxyl groups is 3. The highest BCUT2D eigenvalue weighted by Gasteiger charge is 2.10. The SMILES string of the molecule is C.C=C(C)C(=O)OC(=O)C(=C)C.C=C(C)C(=O)OCC#CCO.OCC#CCO. The molecule has 0 atom stereocenters. The molecule has 0 radical (unpaired) electrons. The predicted molar refractivity (Wildman–Crippen MR) is 110 cm³/mol. The van der Waals surface area contributed by atoms with Crippen molar-refractivity contribution >= 4 is 17.9 Å². The Labute approximate surface area is 172 Å². The van der Waals surface area contributed by atoms with Gasteiger partial charge in [0.15, 0.2) is 6.61 Å². The third-order valence-corrected chi connectivity index (χ3v) is 1.99. The summed E-state index contributed by atoms with van der Waals surface area (Å²) in [5, 5.41) is 24.0. The van der Waals surface area contributed by atoms with E-state index in [1.54, 1.807) is 6.92 Å². The number of rotatable bonds is 4. The third-order valence-electron chi connectivity index (χ3n) is 1.99. The molecular weight excluding hydrogens is 380 g/mol. The first-order chi connectivity index (χ1) is 13.0. The normalized spacial score (nSPS) is 7.52. The van der Waals surface area contributed by atoms with E-state index < -0.39 is 17.9 Å². The van der Waals surface area contributed by atoms with Crippen molar-refractivity contribution < 1.29 is 39.2 Å². The summed E-state index contributed by atoms with van der Waals surface area (Å²) in [5.74, 6) is 7.40. The van der Waals surface area contributed by atoms with E-state index in [4.69, 9.17) is 15.3 Å². The van der Waals surface area contributed by atoms with Crippen LogP contribution < -0.4 is 0 Å². The van der Waals surface area contributed by atoms with Gasteiger partial charge in [-0.2, -0.15) is 0 Å². The van der Waals surface area contributed by atoms with Crippen molar-refractivity contribution in [1.82, 2.24) is 0 Å². The largest absolute Gasteiger partial charge is 0.449 e. The molecule has 0 aromatic rings. The van der Waals surface area contributed by atoms with Crippen LogP contribution >= 0.6 is 0 Å². The maximum atomic E-state index is 10.7. The predicted octanol–water partition coefficient (Wildman–Crippen LogP) is 0.920. The van der Waals surface area contributed by atoms with Gasteiger partial charge in [0, 0.05) is 16.7 Å². The molecule has 0 aliphatic rings. The summed E-state index contributed by atoms with van der Waals surface area (Å²) in [4.78, 5) is 32.0. The summed E-state index contributed by atoms with van der Waals surface area (Å²) in [6.45, 7) is 14.0. The van der Waals surface area contributed by atoms with Gasteiger partial charge >= 0.3 is 17.9 Å². The fourth-order valence-electron chi connectivity index (χ4n) is 0.702. The highest BCUT2D eigenvalue weighted by Crippen LogP contribution is 1.97. The van der Waals surface area contributed by atoms with E-state index in [0.717, 1.165) is 0 Å². The van der Waals surface area contributed by atoms with Gasteiger partial charge in [0.1, 0.15) is 19.8 Å². The van der Waals surface area contributed by atoms with Gasteiger partial charge in [-0.15, -0.1) is 0 Å². The molecule has 0 spiro atoms. The Morgan fingerprint density at radius 3 is 1.28 bits per heavy atom. The van der Waals surface area contributed by atoms with E-state index in [0.29, 0.717) is 5.57 Å². The van der Waals surface area contributed by atoms with Crippen LogP contribution in [0.3, 0.4) is 0 Å². The number of carbonyl (C=O) groups is 3. The Morgan fingerprint density at radius 2 is 1.00 bits per heavy atom. The molecular formula is C21H30O8. The molecule has 0 aromatic carbocycles. The van der Waals surface area contributed by atoms with Gasteiger partial charge in [-0.3, -0.25) is 0 Å². The van der Waals surface area contributed by atoms with Crippen LogP contribution in [-0.4, -0.2) is 59.7 Å². The molecule has 29 heavy (non-hydrogen) atoms. The van der Waals surface area contributed by atoms with E-state index >= 15 is 0 Å². The molecule has 0 fully saturated rings. The van der Waals surface area contributed by atoms with E-state index in [1.165, 1.54) is 13.8 Å². The molecule has 3 N–H and O–H groups in total. The fraction of sp³-hybridized carbons (Fsp3) is 0.381. The summed E-state index contributed by atoms with van der Waals surface area (Å²) < 4.78 is 8.88. The lowest BCUT2D eigenvalue weighted by Crippen LogP contribution is -2.12. The number of ether oxygens (including phenoxy) is 2. The molecule has 0 unspecified atom stereocenters. The Morgan fingerprint density at radius 1 is 0.690 bits per heavy atom. The molecule has 0 aromatic heterocycles. The van der Waals surface area contributed by atoms with Crippen molar-refractivity contribution in [1.29, 1.82) is 0 Å². The van der Waals surface area contributed by atoms with Crippen LogP contribution in [0.4, 0.5) is 0 Å².